The number of rotatable bonds is 6. The number of carbonyl (C=O) groups is 1. The fourth-order valence-electron chi connectivity index (χ4n) is 2.12. The van der Waals surface area contributed by atoms with Gasteiger partial charge in [0.15, 0.2) is 9.84 Å². The van der Waals surface area contributed by atoms with Gasteiger partial charge in [-0.2, -0.15) is 0 Å². The molecular formula is C11H21NO4S. The molecule has 6 heteroatoms. The van der Waals surface area contributed by atoms with Gasteiger partial charge in [0.25, 0.3) is 0 Å². The lowest BCUT2D eigenvalue weighted by molar-refractivity contribution is -0.122. The van der Waals surface area contributed by atoms with Crippen LogP contribution in [0.1, 0.15) is 32.6 Å². The van der Waals surface area contributed by atoms with E-state index in [0.29, 0.717) is 12.8 Å². The SMILES string of the molecule is CCC(CCO)NC(=O)CC1CCS(=O)(=O)C1. The monoisotopic (exact) mass is 263 g/mol. The van der Waals surface area contributed by atoms with Crippen molar-refractivity contribution in [1.29, 1.82) is 0 Å². The molecule has 2 atom stereocenters. The summed E-state index contributed by atoms with van der Waals surface area (Å²) in [5.74, 6) is 0.203. The van der Waals surface area contributed by atoms with Gasteiger partial charge in [-0.25, -0.2) is 8.42 Å². The van der Waals surface area contributed by atoms with Crippen LogP contribution in [0.5, 0.6) is 0 Å². The minimum atomic E-state index is -2.91. The molecule has 5 nitrogen and oxygen atoms in total. The van der Waals surface area contributed by atoms with Crippen LogP contribution in [-0.4, -0.2) is 43.6 Å². The molecule has 1 rings (SSSR count). The minimum absolute atomic E-state index is 0.00879. The number of carbonyl (C=O) groups excluding carboxylic acids is 1. The molecule has 1 saturated heterocycles. The van der Waals surface area contributed by atoms with E-state index in [1.54, 1.807) is 0 Å². The lowest BCUT2D eigenvalue weighted by Gasteiger charge is -2.16. The summed E-state index contributed by atoms with van der Waals surface area (Å²) in [4.78, 5) is 11.7. The molecule has 17 heavy (non-hydrogen) atoms. The average Bonchev–Trinajstić information content (AvgIpc) is 2.57. The zero-order valence-corrected chi connectivity index (χ0v) is 11.0. The highest BCUT2D eigenvalue weighted by atomic mass is 32.2. The second kappa shape index (κ2) is 6.35. The van der Waals surface area contributed by atoms with Crippen molar-refractivity contribution >= 4 is 15.7 Å². The first-order valence-corrected chi connectivity index (χ1v) is 7.89. The molecule has 100 valence electrons. The molecular weight excluding hydrogens is 242 g/mol. The van der Waals surface area contributed by atoms with Crippen molar-refractivity contribution < 1.29 is 18.3 Å². The van der Waals surface area contributed by atoms with Gasteiger partial charge in [0.2, 0.25) is 5.91 Å². The van der Waals surface area contributed by atoms with Gasteiger partial charge in [0.05, 0.1) is 11.5 Å². The fourth-order valence-corrected chi connectivity index (χ4v) is 3.98. The number of hydrogen-bond donors (Lipinski definition) is 2. The Morgan fingerprint density at radius 3 is 2.71 bits per heavy atom. The standard InChI is InChI=1S/C11H21NO4S/c1-2-10(3-5-13)12-11(14)7-9-4-6-17(15,16)8-9/h9-10,13H,2-8H2,1H3,(H,12,14). The number of aliphatic hydroxyl groups excluding tert-OH is 1. The van der Waals surface area contributed by atoms with Gasteiger partial charge < -0.3 is 10.4 Å². The summed E-state index contributed by atoms with van der Waals surface area (Å²) in [7, 11) is -2.91. The molecule has 0 bridgehead atoms. The predicted molar refractivity (Wildman–Crippen MR) is 65.3 cm³/mol. The minimum Gasteiger partial charge on any atom is -0.396 e. The normalized spacial score (nSPS) is 24.5. The van der Waals surface area contributed by atoms with Crippen LogP contribution in [0.4, 0.5) is 0 Å². The van der Waals surface area contributed by atoms with Gasteiger partial charge in [-0.1, -0.05) is 6.92 Å². The summed E-state index contributed by atoms with van der Waals surface area (Å²) in [5, 5.41) is 11.6. The van der Waals surface area contributed by atoms with E-state index in [0.717, 1.165) is 6.42 Å². The van der Waals surface area contributed by atoms with Gasteiger partial charge in [0.1, 0.15) is 0 Å². The van der Waals surface area contributed by atoms with Crippen molar-refractivity contribution in [3.05, 3.63) is 0 Å². The second-order valence-corrected chi connectivity index (χ2v) is 6.89. The molecule has 1 fully saturated rings. The van der Waals surface area contributed by atoms with Gasteiger partial charge in [-0.15, -0.1) is 0 Å². The number of amides is 1. The maximum atomic E-state index is 11.7. The molecule has 0 aromatic carbocycles. The maximum Gasteiger partial charge on any atom is 0.220 e. The Kier molecular flexibility index (Phi) is 5.39. The number of hydrogen-bond acceptors (Lipinski definition) is 4. The molecule has 0 aromatic rings. The van der Waals surface area contributed by atoms with Crippen molar-refractivity contribution in [3.8, 4) is 0 Å². The van der Waals surface area contributed by atoms with E-state index >= 15 is 0 Å². The van der Waals surface area contributed by atoms with E-state index in [2.05, 4.69) is 5.32 Å². The molecule has 2 unspecified atom stereocenters. The van der Waals surface area contributed by atoms with Crippen LogP contribution in [0.15, 0.2) is 0 Å². The smallest absolute Gasteiger partial charge is 0.220 e. The van der Waals surface area contributed by atoms with Crippen LogP contribution in [-0.2, 0) is 14.6 Å². The number of nitrogens with one attached hydrogen (secondary N) is 1. The maximum absolute atomic E-state index is 11.7. The first-order valence-electron chi connectivity index (χ1n) is 6.07. The quantitative estimate of drug-likeness (QED) is 0.711. The first-order chi connectivity index (χ1) is 7.96. The summed E-state index contributed by atoms with van der Waals surface area (Å²) in [5.41, 5.74) is 0. The van der Waals surface area contributed by atoms with E-state index in [9.17, 15) is 13.2 Å². The predicted octanol–water partition coefficient (Wildman–Crippen LogP) is 0.0884. The molecule has 1 heterocycles. The second-order valence-electron chi connectivity index (χ2n) is 4.66. The van der Waals surface area contributed by atoms with Crippen molar-refractivity contribution in [1.82, 2.24) is 5.32 Å². The third-order valence-corrected chi connectivity index (χ3v) is 4.97. The van der Waals surface area contributed by atoms with Crippen molar-refractivity contribution in [3.63, 3.8) is 0 Å². The molecule has 0 radical (unpaired) electrons. The van der Waals surface area contributed by atoms with Crippen LogP contribution in [0.2, 0.25) is 0 Å². The molecule has 2 N–H and O–H groups in total. The van der Waals surface area contributed by atoms with Gasteiger partial charge >= 0.3 is 0 Å². The summed E-state index contributed by atoms with van der Waals surface area (Å²) in [6.45, 7) is 2.00. The van der Waals surface area contributed by atoms with E-state index in [-0.39, 0.29) is 42.4 Å². The highest BCUT2D eigenvalue weighted by Gasteiger charge is 2.29. The third kappa shape index (κ3) is 5.04. The van der Waals surface area contributed by atoms with E-state index in [1.807, 2.05) is 6.92 Å². The highest BCUT2D eigenvalue weighted by Crippen LogP contribution is 2.21. The van der Waals surface area contributed by atoms with Crippen LogP contribution in [0, 0.1) is 5.92 Å². The van der Waals surface area contributed by atoms with Crippen LogP contribution < -0.4 is 5.32 Å². The molecule has 1 aliphatic rings. The van der Waals surface area contributed by atoms with Crippen molar-refractivity contribution in [2.24, 2.45) is 5.92 Å². The summed E-state index contributed by atoms with van der Waals surface area (Å²) in [6.07, 6.45) is 2.19. The van der Waals surface area contributed by atoms with Gasteiger partial charge in [-0.3, -0.25) is 4.79 Å². The summed E-state index contributed by atoms with van der Waals surface area (Å²) < 4.78 is 22.5. The summed E-state index contributed by atoms with van der Waals surface area (Å²) >= 11 is 0. The first kappa shape index (κ1) is 14.4. The highest BCUT2D eigenvalue weighted by molar-refractivity contribution is 7.91. The van der Waals surface area contributed by atoms with Gasteiger partial charge in [0, 0.05) is 19.1 Å². The Morgan fingerprint density at radius 2 is 2.24 bits per heavy atom. The molecule has 0 saturated carbocycles. The average molecular weight is 263 g/mol. The Labute approximate surface area is 103 Å². The van der Waals surface area contributed by atoms with Crippen LogP contribution in [0.25, 0.3) is 0 Å². The Balaban J connectivity index is 2.34. The van der Waals surface area contributed by atoms with Gasteiger partial charge in [-0.05, 0) is 25.2 Å². The number of sulfone groups is 1. The van der Waals surface area contributed by atoms with Crippen LogP contribution >= 0.6 is 0 Å². The summed E-state index contributed by atoms with van der Waals surface area (Å²) in [6, 6.07) is -0.00879. The number of aliphatic hydroxyl groups is 1. The molecule has 1 amide bonds. The zero-order chi connectivity index (χ0) is 12.9. The Bertz CT molecular complexity index is 352. The van der Waals surface area contributed by atoms with Crippen molar-refractivity contribution in [2.45, 2.75) is 38.6 Å². The molecule has 0 aliphatic carbocycles. The zero-order valence-electron chi connectivity index (χ0n) is 10.2. The third-order valence-electron chi connectivity index (χ3n) is 3.14. The van der Waals surface area contributed by atoms with E-state index in [4.69, 9.17) is 5.11 Å². The fraction of sp³-hybridized carbons (Fsp3) is 0.909. The Morgan fingerprint density at radius 1 is 1.53 bits per heavy atom. The lowest BCUT2D eigenvalue weighted by atomic mass is 10.0. The molecule has 0 aromatic heterocycles. The largest absolute Gasteiger partial charge is 0.396 e. The van der Waals surface area contributed by atoms with Crippen LogP contribution in [0.3, 0.4) is 0 Å². The molecule has 1 aliphatic heterocycles. The molecule has 0 spiro atoms. The topological polar surface area (TPSA) is 83.5 Å². The van der Waals surface area contributed by atoms with Crippen molar-refractivity contribution in [2.75, 3.05) is 18.1 Å². The van der Waals surface area contributed by atoms with E-state index in [1.165, 1.54) is 0 Å². The Hall–Kier alpha value is -0.620. The van der Waals surface area contributed by atoms with E-state index < -0.39 is 9.84 Å². The lowest BCUT2D eigenvalue weighted by Crippen LogP contribution is -2.36.